The molecule has 0 spiro atoms. The van der Waals surface area contributed by atoms with Crippen molar-refractivity contribution in [3.63, 3.8) is 0 Å². The van der Waals surface area contributed by atoms with Crippen molar-refractivity contribution in [2.24, 2.45) is 0 Å². The van der Waals surface area contributed by atoms with Crippen LogP contribution >= 0.6 is 0 Å². The molecular formula is C19H30N2O4. The van der Waals surface area contributed by atoms with Crippen LogP contribution in [-0.4, -0.2) is 52.7 Å². The van der Waals surface area contributed by atoms with Crippen molar-refractivity contribution in [1.29, 1.82) is 0 Å². The number of carbonyl (C=O) groups excluding carboxylic acids is 1. The normalized spacial score (nSPS) is 21.4. The first-order chi connectivity index (χ1) is 11.8. The van der Waals surface area contributed by atoms with Gasteiger partial charge < -0.3 is 25.6 Å². The van der Waals surface area contributed by atoms with Crippen LogP contribution in [0.2, 0.25) is 0 Å². The van der Waals surface area contributed by atoms with Crippen LogP contribution in [0.25, 0.3) is 0 Å². The van der Waals surface area contributed by atoms with Gasteiger partial charge in [-0.05, 0) is 52.1 Å². The molecular weight excluding hydrogens is 320 g/mol. The largest absolute Gasteiger partial charge is 0.444 e. The number of alkyl carbamates (subject to hydrolysis) is 1. The van der Waals surface area contributed by atoms with Gasteiger partial charge in [-0.2, -0.15) is 0 Å². The highest BCUT2D eigenvalue weighted by Crippen LogP contribution is 2.17. The molecule has 4 N–H and O–H groups in total. The number of benzene rings is 1. The lowest BCUT2D eigenvalue weighted by molar-refractivity contribution is -0.0237. The second-order valence-corrected chi connectivity index (χ2v) is 7.63. The first-order valence-electron chi connectivity index (χ1n) is 8.89. The lowest BCUT2D eigenvalue weighted by Gasteiger charge is -2.31. The fraction of sp³-hybridized carbons (Fsp3) is 0.632. The third kappa shape index (κ3) is 6.30. The number of carbonyl (C=O) groups is 1. The molecule has 1 saturated heterocycles. The van der Waals surface area contributed by atoms with Gasteiger partial charge >= 0.3 is 6.09 Å². The van der Waals surface area contributed by atoms with Gasteiger partial charge in [-0.1, -0.05) is 30.3 Å². The summed E-state index contributed by atoms with van der Waals surface area (Å²) in [5, 5.41) is 27.1. The Hall–Kier alpha value is -1.63. The molecule has 4 unspecified atom stereocenters. The van der Waals surface area contributed by atoms with E-state index in [1.807, 2.05) is 30.3 Å². The minimum atomic E-state index is -1.09. The molecule has 0 saturated carbocycles. The molecule has 0 radical (unpaired) electrons. The Labute approximate surface area is 149 Å². The fourth-order valence-corrected chi connectivity index (χ4v) is 3.06. The molecule has 1 aromatic carbocycles. The third-order valence-corrected chi connectivity index (χ3v) is 4.27. The van der Waals surface area contributed by atoms with E-state index in [0.717, 1.165) is 24.9 Å². The molecule has 140 valence electrons. The molecule has 1 heterocycles. The first kappa shape index (κ1) is 19.7. The fourth-order valence-electron chi connectivity index (χ4n) is 3.06. The Kier molecular flexibility index (Phi) is 6.81. The maximum Gasteiger partial charge on any atom is 0.407 e. The van der Waals surface area contributed by atoms with Gasteiger partial charge in [-0.3, -0.25) is 0 Å². The van der Waals surface area contributed by atoms with Crippen LogP contribution in [0, 0.1) is 0 Å². The van der Waals surface area contributed by atoms with Crippen molar-refractivity contribution < 1.29 is 19.7 Å². The summed E-state index contributed by atoms with van der Waals surface area (Å²) in [7, 11) is 0. The van der Waals surface area contributed by atoms with Gasteiger partial charge in [0, 0.05) is 6.04 Å². The maximum absolute atomic E-state index is 12.2. The van der Waals surface area contributed by atoms with Gasteiger partial charge in [0.2, 0.25) is 0 Å². The first-order valence-corrected chi connectivity index (χ1v) is 8.89. The van der Waals surface area contributed by atoms with E-state index in [0.29, 0.717) is 6.42 Å². The van der Waals surface area contributed by atoms with E-state index in [2.05, 4.69) is 10.6 Å². The second-order valence-electron chi connectivity index (χ2n) is 7.63. The van der Waals surface area contributed by atoms with E-state index >= 15 is 0 Å². The summed E-state index contributed by atoms with van der Waals surface area (Å²) in [6.45, 7) is 6.18. The Morgan fingerprint density at radius 2 is 2.00 bits per heavy atom. The number of nitrogens with one attached hydrogen (secondary N) is 2. The summed E-state index contributed by atoms with van der Waals surface area (Å²) in [5.74, 6) is 0. The number of hydrogen-bond donors (Lipinski definition) is 4. The van der Waals surface area contributed by atoms with Crippen LogP contribution in [0.1, 0.15) is 39.2 Å². The zero-order valence-corrected chi connectivity index (χ0v) is 15.2. The Morgan fingerprint density at radius 3 is 2.56 bits per heavy atom. The van der Waals surface area contributed by atoms with Crippen LogP contribution in [0.3, 0.4) is 0 Å². The van der Waals surface area contributed by atoms with Crippen molar-refractivity contribution in [2.45, 2.75) is 69.9 Å². The van der Waals surface area contributed by atoms with Crippen molar-refractivity contribution in [3.8, 4) is 0 Å². The van der Waals surface area contributed by atoms with Crippen LogP contribution in [0.5, 0.6) is 0 Å². The molecule has 6 heteroatoms. The van der Waals surface area contributed by atoms with Gasteiger partial charge in [0.25, 0.3) is 0 Å². The zero-order chi connectivity index (χ0) is 18.4. The quantitative estimate of drug-likeness (QED) is 0.626. The van der Waals surface area contributed by atoms with Gasteiger partial charge in [-0.15, -0.1) is 0 Å². The minimum absolute atomic E-state index is 0.159. The molecule has 1 aromatic rings. The number of aliphatic hydroxyl groups is 2. The van der Waals surface area contributed by atoms with Crippen molar-refractivity contribution >= 4 is 6.09 Å². The maximum atomic E-state index is 12.2. The lowest BCUT2D eigenvalue weighted by Crippen LogP contribution is -2.55. The van der Waals surface area contributed by atoms with Crippen LogP contribution in [-0.2, 0) is 11.2 Å². The predicted molar refractivity (Wildman–Crippen MR) is 96.3 cm³/mol. The van der Waals surface area contributed by atoms with Gasteiger partial charge in [0.15, 0.2) is 0 Å². The molecule has 1 fully saturated rings. The smallest absolute Gasteiger partial charge is 0.407 e. The zero-order valence-electron chi connectivity index (χ0n) is 15.2. The molecule has 0 bridgehead atoms. The second kappa shape index (κ2) is 8.65. The Morgan fingerprint density at radius 1 is 1.32 bits per heavy atom. The molecule has 0 aliphatic carbocycles. The summed E-state index contributed by atoms with van der Waals surface area (Å²) in [4.78, 5) is 12.2. The molecule has 6 nitrogen and oxygen atoms in total. The summed E-state index contributed by atoms with van der Waals surface area (Å²) in [6.07, 6.45) is -0.459. The summed E-state index contributed by atoms with van der Waals surface area (Å²) >= 11 is 0. The van der Waals surface area contributed by atoms with Crippen molar-refractivity contribution in [2.75, 3.05) is 6.54 Å². The molecule has 1 aliphatic heterocycles. The molecule has 25 heavy (non-hydrogen) atoms. The van der Waals surface area contributed by atoms with E-state index < -0.39 is 29.9 Å². The molecule has 1 amide bonds. The third-order valence-electron chi connectivity index (χ3n) is 4.27. The number of ether oxygens (including phenoxy) is 1. The van der Waals surface area contributed by atoms with Crippen LogP contribution < -0.4 is 10.6 Å². The Bertz CT molecular complexity index is 538. The number of aliphatic hydroxyl groups excluding tert-OH is 2. The highest BCUT2D eigenvalue weighted by molar-refractivity contribution is 5.68. The predicted octanol–water partition coefficient (Wildman–Crippen LogP) is 1.60. The van der Waals surface area contributed by atoms with E-state index in [1.54, 1.807) is 20.8 Å². The lowest BCUT2D eigenvalue weighted by atomic mass is 9.93. The van der Waals surface area contributed by atoms with Crippen LogP contribution in [0.4, 0.5) is 4.79 Å². The summed E-state index contributed by atoms with van der Waals surface area (Å²) in [5.41, 5.74) is 0.340. The number of rotatable bonds is 6. The van der Waals surface area contributed by atoms with Crippen molar-refractivity contribution in [3.05, 3.63) is 35.9 Å². The molecule has 1 aliphatic rings. The van der Waals surface area contributed by atoms with Crippen LogP contribution in [0.15, 0.2) is 30.3 Å². The Balaban J connectivity index is 2.08. The van der Waals surface area contributed by atoms with E-state index in [9.17, 15) is 15.0 Å². The highest BCUT2D eigenvalue weighted by Gasteiger charge is 2.35. The van der Waals surface area contributed by atoms with E-state index in [-0.39, 0.29) is 6.04 Å². The average Bonchev–Trinajstić information content (AvgIpc) is 3.06. The molecule has 2 rings (SSSR count). The summed E-state index contributed by atoms with van der Waals surface area (Å²) < 4.78 is 5.30. The van der Waals surface area contributed by atoms with E-state index in [1.165, 1.54) is 0 Å². The monoisotopic (exact) mass is 350 g/mol. The average molecular weight is 350 g/mol. The van der Waals surface area contributed by atoms with Gasteiger partial charge in [0.1, 0.15) is 11.7 Å². The summed E-state index contributed by atoms with van der Waals surface area (Å²) in [6, 6.07) is 8.77. The number of amides is 1. The SMILES string of the molecule is CC(C)(C)OC(=O)NC(Cc1ccccc1)C(O)C(O)C1CCCN1. The highest BCUT2D eigenvalue weighted by atomic mass is 16.6. The minimum Gasteiger partial charge on any atom is -0.444 e. The van der Waals surface area contributed by atoms with Crippen molar-refractivity contribution in [1.82, 2.24) is 10.6 Å². The topological polar surface area (TPSA) is 90.8 Å². The standard InChI is InChI=1S/C19H30N2O4/c1-19(2,3)25-18(24)21-15(12-13-8-5-4-6-9-13)17(23)16(22)14-10-7-11-20-14/h4-6,8-9,14-17,20,22-23H,7,10-12H2,1-3H3,(H,21,24). The number of hydrogen-bond acceptors (Lipinski definition) is 5. The van der Waals surface area contributed by atoms with Gasteiger partial charge in [-0.25, -0.2) is 4.79 Å². The molecule has 0 aromatic heterocycles. The molecule has 4 atom stereocenters. The van der Waals surface area contributed by atoms with Gasteiger partial charge in [0.05, 0.1) is 12.1 Å². The van der Waals surface area contributed by atoms with E-state index in [4.69, 9.17) is 4.74 Å².